The number of halogens is 1. The molecule has 2 unspecified atom stereocenters. The Hall–Kier alpha value is -0.780. The molecular weight excluding hydrogens is 334 g/mol. The molecule has 118 valence electrons. The van der Waals surface area contributed by atoms with Crippen LogP contribution in [0.3, 0.4) is 0 Å². The van der Waals surface area contributed by atoms with Crippen molar-refractivity contribution in [3.05, 3.63) is 24.3 Å². The van der Waals surface area contributed by atoms with Gasteiger partial charge in [0, 0.05) is 25.0 Å². The Morgan fingerprint density at radius 2 is 1.95 bits per heavy atom. The summed E-state index contributed by atoms with van der Waals surface area (Å²) in [7, 11) is 0. The Bertz CT molecular complexity index is 430. The molecule has 1 heterocycles. The highest BCUT2D eigenvalue weighted by Gasteiger charge is 2.24. The lowest BCUT2D eigenvalue weighted by Gasteiger charge is -2.36. The average molecular weight is 358 g/mol. The topological polar surface area (TPSA) is 30.9 Å². The number of para-hydroxylation sites is 2. The van der Waals surface area contributed by atoms with E-state index in [1.807, 2.05) is 31.2 Å². The third-order valence-corrected chi connectivity index (χ3v) is 4.11. The Morgan fingerprint density at radius 1 is 1.24 bits per heavy atom. The van der Waals surface area contributed by atoms with Gasteiger partial charge in [0.1, 0.15) is 6.61 Å². The van der Waals surface area contributed by atoms with Crippen molar-refractivity contribution in [2.45, 2.75) is 26.1 Å². The van der Waals surface area contributed by atoms with E-state index in [2.05, 4.69) is 27.8 Å². The Balaban J connectivity index is 1.81. The molecule has 0 saturated carbocycles. The predicted octanol–water partition coefficient (Wildman–Crippen LogP) is 2.95. The van der Waals surface area contributed by atoms with Gasteiger partial charge in [0.05, 0.1) is 18.8 Å². The summed E-state index contributed by atoms with van der Waals surface area (Å²) in [6.07, 6.45) is 0.543. The van der Waals surface area contributed by atoms with Gasteiger partial charge in [-0.3, -0.25) is 4.90 Å². The van der Waals surface area contributed by atoms with Crippen LogP contribution >= 0.6 is 15.9 Å². The number of morpholine rings is 1. The summed E-state index contributed by atoms with van der Waals surface area (Å²) < 4.78 is 17.3. The molecule has 0 radical (unpaired) electrons. The van der Waals surface area contributed by atoms with Gasteiger partial charge in [0.2, 0.25) is 0 Å². The monoisotopic (exact) mass is 357 g/mol. The molecule has 1 fully saturated rings. The predicted molar refractivity (Wildman–Crippen MR) is 87.7 cm³/mol. The summed E-state index contributed by atoms with van der Waals surface area (Å²) >= 11 is 3.50. The maximum absolute atomic E-state index is 5.88. The fraction of sp³-hybridized carbons (Fsp3) is 0.625. The minimum atomic E-state index is 0.268. The quantitative estimate of drug-likeness (QED) is 0.702. The molecule has 1 aliphatic heterocycles. The van der Waals surface area contributed by atoms with Crippen LogP contribution in [0.15, 0.2) is 24.3 Å². The van der Waals surface area contributed by atoms with Gasteiger partial charge in [-0.05, 0) is 26.0 Å². The van der Waals surface area contributed by atoms with Crippen LogP contribution in [0.5, 0.6) is 11.5 Å². The number of nitrogens with zero attached hydrogens (tertiary/aromatic N) is 1. The van der Waals surface area contributed by atoms with Crippen LogP contribution in [0.2, 0.25) is 0 Å². The molecule has 0 bridgehead atoms. The Morgan fingerprint density at radius 3 is 2.62 bits per heavy atom. The molecule has 0 amide bonds. The smallest absolute Gasteiger partial charge is 0.161 e. The van der Waals surface area contributed by atoms with Crippen molar-refractivity contribution in [1.82, 2.24) is 4.90 Å². The van der Waals surface area contributed by atoms with E-state index in [1.54, 1.807) is 0 Å². The molecule has 4 nitrogen and oxygen atoms in total. The second-order valence-corrected chi connectivity index (χ2v) is 5.86. The van der Waals surface area contributed by atoms with Crippen LogP contribution in [-0.2, 0) is 4.74 Å². The zero-order valence-corrected chi connectivity index (χ0v) is 14.3. The van der Waals surface area contributed by atoms with Crippen molar-refractivity contribution in [2.75, 3.05) is 38.2 Å². The molecule has 0 N–H and O–H groups in total. The van der Waals surface area contributed by atoms with Gasteiger partial charge in [-0.15, -0.1) is 0 Å². The largest absolute Gasteiger partial charge is 0.490 e. The van der Waals surface area contributed by atoms with E-state index in [0.717, 1.165) is 36.5 Å². The second kappa shape index (κ2) is 8.61. The number of rotatable bonds is 7. The highest BCUT2D eigenvalue weighted by atomic mass is 79.9. The highest BCUT2D eigenvalue weighted by Crippen LogP contribution is 2.26. The molecular formula is C16H24BrNO3. The van der Waals surface area contributed by atoms with E-state index in [4.69, 9.17) is 14.2 Å². The Kier molecular flexibility index (Phi) is 6.80. The molecule has 0 spiro atoms. The fourth-order valence-corrected chi connectivity index (χ4v) is 2.89. The van der Waals surface area contributed by atoms with E-state index in [1.165, 1.54) is 0 Å². The third-order valence-electron chi connectivity index (χ3n) is 3.39. The molecule has 5 heteroatoms. The van der Waals surface area contributed by atoms with Gasteiger partial charge in [-0.2, -0.15) is 0 Å². The van der Waals surface area contributed by atoms with Crippen LogP contribution < -0.4 is 9.47 Å². The van der Waals surface area contributed by atoms with Crippen molar-refractivity contribution in [1.29, 1.82) is 0 Å². The van der Waals surface area contributed by atoms with E-state index in [0.29, 0.717) is 13.2 Å². The highest BCUT2D eigenvalue weighted by molar-refractivity contribution is 9.09. The standard InChI is InChI=1S/C16H24BrNO3/c1-3-19-15-6-4-5-7-16(15)20-9-8-18-11-13(2)21-14(10-17)12-18/h4-7,13-14H,3,8-12H2,1-2H3. The first-order valence-corrected chi connectivity index (χ1v) is 8.63. The van der Waals surface area contributed by atoms with Crippen LogP contribution in [0.4, 0.5) is 0 Å². The molecule has 0 aliphatic carbocycles. The zero-order valence-electron chi connectivity index (χ0n) is 12.8. The van der Waals surface area contributed by atoms with Gasteiger partial charge in [0.15, 0.2) is 11.5 Å². The molecule has 0 aromatic heterocycles. The van der Waals surface area contributed by atoms with Crippen molar-refractivity contribution in [3.63, 3.8) is 0 Å². The molecule has 1 aromatic carbocycles. The van der Waals surface area contributed by atoms with E-state index >= 15 is 0 Å². The maximum Gasteiger partial charge on any atom is 0.161 e. The fourth-order valence-electron chi connectivity index (χ4n) is 2.54. The maximum atomic E-state index is 5.88. The van der Waals surface area contributed by atoms with Crippen molar-refractivity contribution in [2.24, 2.45) is 0 Å². The average Bonchev–Trinajstić information content (AvgIpc) is 2.48. The lowest BCUT2D eigenvalue weighted by atomic mass is 10.2. The van der Waals surface area contributed by atoms with Crippen molar-refractivity contribution < 1.29 is 14.2 Å². The zero-order chi connectivity index (χ0) is 15.1. The van der Waals surface area contributed by atoms with Gasteiger partial charge in [-0.1, -0.05) is 28.1 Å². The number of alkyl halides is 1. The molecule has 2 atom stereocenters. The van der Waals surface area contributed by atoms with Crippen molar-refractivity contribution >= 4 is 15.9 Å². The van der Waals surface area contributed by atoms with Crippen molar-refractivity contribution in [3.8, 4) is 11.5 Å². The number of ether oxygens (including phenoxy) is 3. The van der Waals surface area contributed by atoms with Crippen LogP contribution in [0.1, 0.15) is 13.8 Å². The summed E-state index contributed by atoms with van der Waals surface area (Å²) in [5, 5.41) is 0.877. The van der Waals surface area contributed by atoms with Gasteiger partial charge >= 0.3 is 0 Å². The summed E-state index contributed by atoms with van der Waals surface area (Å²) in [6, 6.07) is 7.82. The van der Waals surface area contributed by atoms with Crippen LogP contribution in [-0.4, -0.2) is 55.3 Å². The molecule has 1 saturated heterocycles. The number of hydrogen-bond donors (Lipinski definition) is 0. The van der Waals surface area contributed by atoms with E-state index < -0.39 is 0 Å². The van der Waals surface area contributed by atoms with E-state index in [-0.39, 0.29) is 12.2 Å². The van der Waals surface area contributed by atoms with Gasteiger partial charge in [-0.25, -0.2) is 0 Å². The van der Waals surface area contributed by atoms with E-state index in [9.17, 15) is 0 Å². The first-order valence-electron chi connectivity index (χ1n) is 7.51. The minimum absolute atomic E-state index is 0.268. The summed E-state index contributed by atoms with van der Waals surface area (Å²) in [6.45, 7) is 8.21. The third kappa shape index (κ3) is 5.16. The first kappa shape index (κ1) is 16.6. The molecule has 1 aliphatic rings. The van der Waals surface area contributed by atoms with Gasteiger partial charge in [0.25, 0.3) is 0 Å². The second-order valence-electron chi connectivity index (χ2n) is 5.21. The summed E-state index contributed by atoms with van der Waals surface area (Å²) in [4.78, 5) is 2.39. The summed E-state index contributed by atoms with van der Waals surface area (Å²) in [5.74, 6) is 1.63. The Labute approximate surface area is 135 Å². The lowest BCUT2D eigenvalue weighted by molar-refractivity contribution is -0.0673. The number of benzene rings is 1. The SMILES string of the molecule is CCOc1ccccc1OCCN1CC(C)OC(CBr)C1. The number of hydrogen-bond acceptors (Lipinski definition) is 4. The van der Waals surface area contributed by atoms with Crippen LogP contribution in [0.25, 0.3) is 0 Å². The molecule has 1 aromatic rings. The first-order chi connectivity index (χ1) is 10.2. The van der Waals surface area contributed by atoms with Crippen LogP contribution in [0, 0.1) is 0 Å². The summed E-state index contributed by atoms with van der Waals surface area (Å²) in [5.41, 5.74) is 0. The van der Waals surface area contributed by atoms with Gasteiger partial charge < -0.3 is 14.2 Å². The normalized spacial score (nSPS) is 23.0. The lowest BCUT2D eigenvalue weighted by Crippen LogP contribution is -2.48. The molecule has 21 heavy (non-hydrogen) atoms. The minimum Gasteiger partial charge on any atom is -0.490 e. The molecule has 2 rings (SSSR count).